The molecule has 1 N–H and O–H groups in total. The normalized spacial score (nSPS) is 29.1. The average Bonchev–Trinajstić information content (AvgIpc) is 1.90. The number of hydrogen-bond donors (Lipinski definition) is 1. The molecule has 0 aromatic heterocycles. The van der Waals surface area contributed by atoms with Gasteiger partial charge >= 0.3 is 0 Å². The van der Waals surface area contributed by atoms with Crippen molar-refractivity contribution in [1.29, 1.82) is 5.26 Å². The van der Waals surface area contributed by atoms with Crippen molar-refractivity contribution in [2.75, 3.05) is 6.54 Å². The van der Waals surface area contributed by atoms with Crippen LogP contribution >= 0.6 is 0 Å². The van der Waals surface area contributed by atoms with Crippen LogP contribution in [0.5, 0.6) is 0 Å². The summed E-state index contributed by atoms with van der Waals surface area (Å²) in [6.45, 7) is 1.03. The van der Waals surface area contributed by atoms with Crippen LogP contribution in [0.2, 0.25) is 0 Å². The van der Waals surface area contributed by atoms with Crippen molar-refractivity contribution in [1.82, 2.24) is 5.32 Å². The zero-order valence-electron chi connectivity index (χ0n) is 4.85. The molecule has 2 nitrogen and oxygen atoms in total. The largest absolute Gasteiger partial charge is 0.302 e. The van der Waals surface area contributed by atoms with Gasteiger partial charge in [-0.3, -0.25) is 0 Å². The first-order valence-electron chi connectivity index (χ1n) is 3.06. The van der Waals surface area contributed by atoms with Gasteiger partial charge in [0.25, 0.3) is 0 Å². The highest BCUT2D eigenvalue weighted by Crippen LogP contribution is 2.04. The van der Waals surface area contributed by atoms with E-state index in [0.29, 0.717) is 0 Å². The molecular weight excluding hydrogens is 101 g/mol. The summed E-state index contributed by atoms with van der Waals surface area (Å²) in [5.41, 5.74) is 0. The van der Waals surface area contributed by atoms with Gasteiger partial charge in [-0.2, -0.15) is 5.26 Å². The van der Waals surface area contributed by atoms with Gasteiger partial charge in [-0.05, 0) is 25.8 Å². The fraction of sp³-hybridized carbons (Fsp3) is 0.833. The van der Waals surface area contributed by atoms with Crippen molar-refractivity contribution in [3.8, 4) is 6.07 Å². The number of nitrogens with zero attached hydrogens (tertiary/aromatic N) is 1. The van der Waals surface area contributed by atoms with E-state index >= 15 is 0 Å². The van der Waals surface area contributed by atoms with Gasteiger partial charge in [0.05, 0.1) is 12.1 Å². The van der Waals surface area contributed by atoms with E-state index < -0.39 is 0 Å². The quantitative estimate of drug-likeness (QED) is 0.466. The van der Waals surface area contributed by atoms with E-state index in [2.05, 4.69) is 11.4 Å². The number of nitrogens with one attached hydrogen (secondary N) is 1. The van der Waals surface area contributed by atoms with Crippen molar-refractivity contribution >= 4 is 0 Å². The minimum absolute atomic E-state index is 0.142. The van der Waals surface area contributed by atoms with Gasteiger partial charge in [0.15, 0.2) is 0 Å². The molecule has 0 amide bonds. The van der Waals surface area contributed by atoms with Crippen molar-refractivity contribution in [2.45, 2.75) is 25.3 Å². The van der Waals surface area contributed by atoms with Crippen molar-refractivity contribution in [3.63, 3.8) is 0 Å². The topological polar surface area (TPSA) is 35.8 Å². The maximum Gasteiger partial charge on any atom is 0.0953 e. The fourth-order valence-corrected chi connectivity index (χ4v) is 0.962. The first-order chi connectivity index (χ1) is 3.93. The molecule has 1 atom stereocenters. The lowest BCUT2D eigenvalue weighted by Crippen LogP contribution is -2.32. The highest BCUT2D eigenvalue weighted by molar-refractivity contribution is 4.91. The van der Waals surface area contributed by atoms with Crippen LogP contribution in [0.15, 0.2) is 0 Å². The Morgan fingerprint density at radius 1 is 1.50 bits per heavy atom. The molecule has 1 saturated heterocycles. The van der Waals surface area contributed by atoms with Crippen molar-refractivity contribution in [2.24, 2.45) is 0 Å². The van der Waals surface area contributed by atoms with Crippen molar-refractivity contribution < 1.29 is 0 Å². The van der Waals surface area contributed by atoms with Gasteiger partial charge in [-0.25, -0.2) is 0 Å². The second-order valence-electron chi connectivity index (χ2n) is 2.13. The Labute approximate surface area is 49.5 Å². The third kappa shape index (κ3) is 1.21. The van der Waals surface area contributed by atoms with Crippen LogP contribution in [-0.2, 0) is 0 Å². The molecule has 1 rings (SSSR count). The lowest BCUT2D eigenvalue weighted by atomic mass is 10.1. The van der Waals surface area contributed by atoms with Crippen LogP contribution in [0.3, 0.4) is 0 Å². The van der Waals surface area contributed by atoms with E-state index in [9.17, 15) is 0 Å². The Morgan fingerprint density at radius 2 is 2.38 bits per heavy atom. The maximum absolute atomic E-state index is 8.38. The lowest BCUT2D eigenvalue weighted by Gasteiger charge is -2.15. The van der Waals surface area contributed by atoms with E-state index in [1.54, 1.807) is 0 Å². The van der Waals surface area contributed by atoms with Crippen LogP contribution in [0, 0.1) is 11.3 Å². The van der Waals surface area contributed by atoms with Gasteiger partial charge in [-0.15, -0.1) is 0 Å². The lowest BCUT2D eigenvalue weighted by molar-refractivity contribution is 0.461. The molecule has 1 heterocycles. The summed E-state index contributed by atoms with van der Waals surface area (Å²) in [6, 6.07) is 2.34. The molecule has 0 bridgehead atoms. The summed E-state index contributed by atoms with van der Waals surface area (Å²) in [6.07, 6.45) is 3.49. The predicted octanol–water partition coefficient (Wildman–Crippen LogP) is 0.652. The SMILES string of the molecule is N#[13C]C1CCCCN1. The second kappa shape index (κ2) is 2.68. The molecule has 1 aliphatic rings. The summed E-state index contributed by atoms with van der Waals surface area (Å²) in [5, 5.41) is 11.5. The van der Waals surface area contributed by atoms with E-state index in [1.165, 1.54) is 12.8 Å². The summed E-state index contributed by atoms with van der Waals surface area (Å²) in [4.78, 5) is 0. The van der Waals surface area contributed by atoms with Gasteiger partial charge in [0.2, 0.25) is 0 Å². The Hall–Kier alpha value is -0.550. The molecule has 0 aromatic carbocycles. The smallest absolute Gasteiger partial charge is 0.0953 e. The maximum atomic E-state index is 8.38. The predicted molar refractivity (Wildman–Crippen MR) is 31.3 cm³/mol. The Kier molecular flexibility index (Phi) is 1.87. The molecule has 8 heavy (non-hydrogen) atoms. The minimum atomic E-state index is 0.142. The zero-order valence-corrected chi connectivity index (χ0v) is 4.85. The van der Waals surface area contributed by atoms with E-state index in [0.717, 1.165) is 13.0 Å². The van der Waals surface area contributed by atoms with Crippen LogP contribution in [0.25, 0.3) is 0 Å². The van der Waals surface area contributed by atoms with E-state index in [-0.39, 0.29) is 6.04 Å². The Bertz CT molecular complexity index is 97.6. The van der Waals surface area contributed by atoms with Crippen molar-refractivity contribution in [3.05, 3.63) is 0 Å². The van der Waals surface area contributed by atoms with Crippen LogP contribution in [0.4, 0.5) is 0 Å². The van der Waals surface area contributed by atoms with Gasteiger partial charge in [0, 0.05) is 0 Å². The Balaban J connectivity index is 2.25. The average molecular weight is 111 g/mol. The fourth-order valence-electron chi connectivity index (χ4n) is 0.962. The van der Waals surface area contributed by atoms with Gasteiger partial charge < -0.3 is 5.32 Å². The molecule has 0 aromatic rings. The standard InChI is InChI=1S/C6H10N2/c7-5-6-3-1-2-4-8-6/h6,8H,1-4H2/i5+1. The molecule has 1 unspecified atom stereocenters. The van der Waals surface area contributed by atoms with Gasteiger partial charge in [-0.1, -0.05) is 0 Å². The van der Waals surface area contributed by atoms with Crippen LogP contribution < -0.4 is 5.32 Å². The summed E-state index contributed by atoms with van der Waals surface area (Å²) in [7, 11) is 0. The summed E-state index contributed by atoms with van der Waals surface area (Å²) in [5.74, 6) is 0. The van der Waals surface area contributed by atoms with E-state index in [1.807, 2.05) is 0 Å². The zero-order chi connectivity index (χ0) is 5.82. The number of rotatable bonds is 0. The molecule has 0 spiro atoms. The first-order valence-corrected chi connectivity index (χ1v) is 3.06. The molecular formula is C6H10N2. The highest BCUT2D eigenvalue weighted by atomic mass is 14.9. The number of hydrogen-bond acceptors (Lipinski definition) is 2. The first kappa shape index (κ1) is 5.58. The molecule has 0 saturated carbocycles. The van der Waals surface area contributed by atoms with E-state index in [4.69, 9.17) is 5.26 Å². The van der Waals surface area contributed by atoms with Crippen LogP contribution in [0.1, 0.15) is 19.3 Å². The minimum Gasteiger partial charge on any atom is -0.302 e. The Morgan fingerprint density at radius 3 is 2.75 bits per heavy atom. The number of nitriles is 1. The third-order valence-corrected chi connectivity index (χ3v) is 1.47. The van der Waals surface area contributed by atoms with Gasteiger partial charge in [0.1, 0.15) is 0 Å². The molecule has 1 aliphatic heterocycles. The monoisotopic (exact) mass is 111 g/mol. The molecule has 0 aliphatic carbocycles. The molecule has 1 fully saturated rings. The summed E-state index contributed by atoms with van der Waals surface area (Å²) >= 11 is 0. The summed E-state index contributed by atoms with van der Waals surface area (Å²) < 4.78 is 0. The van der Waals surface area contributed by atoms with Crippen LogP contribution in [-0.4, -0.2) is 12.6 Å². The highest BCUT2D eigenvalue weighted by Gasteiger charge is 2.09. The molecule has 0 radical (unpaired) electrons. The third-order valence-electron chi connectivity index (χ3n) is 1.47. The molecule has 2 heteroatoms. The number of piperidine rings is 1. The molecule has 44 valence electrons. The second-order valence-corrected chi connectivity index (χ2v) is 2.13.